The first kappa shape index (κ1) is 9.64. The van der Waals surface area contributed by atoms with E-state index in [1.54, 1.807) is 7.11 Å². The predicted octanol–water partition coefficient (Wildman–Crippen LogP) is 2.53. The molecule has 2 heteroatoms. The van der Waals surface area contributed by atoms with Crippen molar-refractivity contribution >= 4 is 14.1 Å². The quantitative estimate of drug-likeness (QED) is 0.646. The van der Waals surface area contributed by atoms with E-state index in [-0.39, 0.29) is 0 Å². The van der Waals surface area contributed by atoms with Crippen molar-refractivity contribution in [1.82, 2.24) is 0 Å². The molecule has 0 unspecified atom stereocenters. The molecule has 0 saturated heterocycles. The van der Waals surface area contributed by atoms with E-state index in [4.69, 9.17) is 4.74 Å². The number of hydrogen-bond acceptors (Lipinski definition) is 1. The Bertz CT molecular complexity index is 245. The zero-order chi connectivity index (χ0) is 8.97. The van der Waals surface area contributed by atoms with Gasteiger partial charge in [0.25, 0.3) is 14.1 Å². The van der Waals surface area contributed by atoms with Crippen molar-refractivity contribution in [2.24, 2.45) is 0 Å². The molecular formula is C10H15AlO. The van der Waals surface area contributed by atoms with Crippen LogP contribution in [-0.4, -0.2) is 21.3 Å². The van der Waals surface area contributed by atoms with E-state index in [1.165, 1.54) is 10.8 Å². The molecule has 0 spiro atoms. The number of rotatable bonds is 3. The molecule has 0 atom stereocenters. The lowest BCUT2D eigenvalue weighted by molar-refractivity contribution is 0.411. The fraction of sp³-hybridized carbons (Fsp3) is 0.400. The monoisotopic (exact) mass is 178 g/mol. The van der Waals surface area contributed by atoms with Gasteiger partial charge in [0.15, 0.2) is 0 Å². The van der Waals surface area contributed by atoms with Gasteiger partial charge in [0, 0.05) is 0 Å². The van der Waals surface area contributed by atoms with Crippen LogP contribution in [0.1, 0.15) is 5.56 Å². The van der Waals surface area contributed by atoms with Crippen molar-refractivity contribution in [2.45, 2.75) is 16.9 Å². The van der Waals surface area contributed by atoms with Crippen molar-refractivity contribution in [3.8, 4) is 5.75 Å². The summed E-state index contributed by atoms with van der Waals surface area (Å²) in [6, 6.07) is 8.29. The third-order valence-corrected chi connectivity index (χ3v) is 3.08. The fourth-order valence-electron chi connectivity index (χ4n) is 1.31. The predicted molar refractivity (Wildman–Crippen MR) is 54.2 cm³/mol. The highest BCUT2D eigenvalue weighted by atomic mass is 27.2. The Labute approximate surface area is 78.8 Å². The molecule has 1 rings (SSSR count). The Morgan fingerprint density at radius 3 is 2.50 bits per heavy atom. The van der Waals surface area contributed by atoms with Gasteiger partial charge in [-0.15, -0.1) is 11.6 Å². The van der Waals surface area contributed by atoms with E-state index in [9.17, 15) is 0 Å². The van der Waals surface area contributed by atoms with E-state index >= 15 is 0 Å². The molecule has 0 saturated carbocycles. The number of para-hydroxylation sites is 1. The number of hydrogen-bond donors (Lipinski definition) is 0. The summed E-state index contributed by atoms with van der Waals surface area (Å²) in [4.78, 5) is 0. The minimum Gasteiger partial charge on any atom is -0.497 e. The molecule has 0 N–H and O–H groups in total. The molecule has 64 valence electrons. The van der Waals surface area contributed by atoms with E-state index in [0.29, 0.717) is 0 Å². The smallest absolute Gasteiger partial charge is 0.261 e. The van der Waals surface area contributed by atoms with Crippen LogP contribution in [0.4, 0.5) is 0 Å². The molecule has 0 heterocycles. The van der Waals surface area contributed by atoms with Crippen LogP contribution >= 0.6 is 0 Å². The third kappa shape index (κ3) is 2.55. The normalized spacial score (nSPS) is 9.58. The highest BCUT2D eigenvalue weighted by Gasteiger charge is 2.07. The second-order valence-electron chi connectivity index (χ2n) is 3.41. The van der Waals surface area contributed by atoms with Crippen LogP contribution < -0.4 is 4.74 Å². The average Bonchev–Trinajstić information content (AvgIpc) is 2.04. The minimum absolute atomic E-state index is 0.519. The largest absolute Gasteiger partial charge is 0.497 e. The molecule has 1 aromatic carbocycles. The second-order valence-corrected chi connectivity index (χ2v) is 6.61. The van der Waals surface area contributed by atoms with Crippen LogP contribution in [0.25, 0.3) is 0 Å². The van der Waals surface area contributed by atoms with Gasteiger partial charge in [0.2, 0.25) is 0 Å². The first-order valence-electron chi connectivity index (χ1n) is 4.36. The molecule has 0 bridgehead atoms. The lowest BCUT2D eigenvalue weighted by atomic mass is 10.2. The van der Waals surface area contributed by atoms with Crippen molar-refractivity contribution in [3.05, 3.63) is 29.8 Å². The molecule has 12 heavy (non-hydrogen) atoms. The standard InChI is InChI=1S/C8H9O.2CH3.Al/c1-7-5-3-4-6-8(7)9-2;;;/h3-6H,1H2,2H3;2*1H3;. The van der Waals surface area contributed by atoms with Crippen LogP contribution in [0.5, 0.6) is 5.75 Å². The van der Waals surface area contributed by atoms with Crippen LogP contribution in [0.15, 0.2) is 24.3 Å². The van der Waals surface area contributed by atoms with Gasteiger partial charge in [-0.3, -0.25) is 0 Å². The van der Waals surface area contributed by atoms with E-state index < -0.39 is 14.1 Å². The molecular weight excluding hydrogens is 163 g/mol. The van der Waals surface area contributed by atoms with Crippen molar-refractivity contribution < 1.29 is 4.74 Å². The third-order valence-electron chi connectivity index (χ3n) is 1.82. The highest BCUT2D eigenvalue weighted by molar-refractivity contribution is 6.55. The zero-order valence-electron chi connectivity index (χ0n) is 8.00. The zero-order valence-corrected chi connectivity index (χ0v) is 9.16. The lowest BCUT2D eigenvalue weighted by Gasteiger charge is -2.07. The van der Waals surface area contributed by atoms with Gasteiger partial charge in [-0.2, -0.15) is 0 Å². The van der Waals surface area contributed by atoms with Gasteiger partial charge in [-0.25, -0.2) is 0 Å². The number of benzene rings is 1. The van der Waals surface area contributed by atoms with Gasteiger partial charge >= 0.3 is 0 Å². The molecule has 0 fully saturated rings. The first-order chi connectivity index (χ1) is 5.74. The Balaban J connectivity index is 2.82. The molecule has 0 aromatic heterocycles. The summed E-state index contributed by atoms with van der Waals surface area (Å²) in [5, 5.41) is 1.23. The van der Waals surface area contributed by atoms with Crippen LogP contribution in [-0.2, 0) is 5.28 Å². The van der Waals surface area contributed by atoms with Crippen LogP contribution in [0, 0.1) is 0 Å². The Kier molecular flexibility index (Phi) is 3.65. The molecule has 0 aliphatic heterocycles. The van der Waals surface area contributed by atoms with Gasteiger partial charge < -0.3 is 4.74 Å². The summed E-state index contributed by atoms with van der Waals surface area (Å²) in [5.74, 6) is 5.75. The van der Waals surface area contributed by atoms with E-state index in [0.717, 1.165) is 5.75 Å². The fourth-order valence-corrected chi connectivity index (χ4v) is 2.53. The van der Waals surface area contributed by atoms with Gasteiger partial charge in [-0.05, 0) is 11.6 Å². The van der Waals surface area contributed by atoms with E-state index in [2.05, 4.69) is 23.7 Å². The summed E-state index contributed by atoms with van der Waals surface area (Å²) in [6.07, 6.45) is 0. The maximum Gasteiger partial charge on any atom is 0.261 e. The molecule has 0 aliphatic carbocycles. The minimum atomic E-state index is -0.519. The number of methoxy groups -OCH3 is 1. The summed E-state index contributed by atoms with van der Waals surface area (Å²) in [5.41, 5.74) is 1.36. The van der Waals surface area contributed by atoms with Crippen LogP contribution in [0.3, 0.4) is 0 Å². The molecule has 1 nitrogen and oxygen atoms in total. The summed E-state index contributed by atoms with van der Waals surface area (Å²) < 4.78 is 5.27. The Hall–Kier alpha value is -0.448. The Morgan fingerprint density at radius 2 is 1.92 bits per heavy atom. The molecule has 0 aliphatic rings. The second kappa shape index (κ2) is 4.55. The van der Waals surface area contributed by atoms with Gasteiger partial charge in [0.05, 0.1) is 7.11 Å². The topological polar surface area (TPSA) is 9.23 Å². The Morgan fingerprint density at radius 1 is 1.25 bits per heavy atom. The van der Waals surface area contributed by atoms with E-state index in [1.807, 2.05) is 12.1 Å². The maximum atomic E-state index is 5.27. The average molecular weight is 178 g/mol. The number of ether oxygens (including phenoxy) is 1. The first-order valence-corrected chi connectivity index (χ1v) is 7.48. The summed E-state index contributed by atoms with van der Waals surface area (Å²) in [6.45, 7) is 0. The summed E-state index contributed by atoms with van der Waals surface area (Å²) in [7, 11) is 1.74. The van der Waals surface area contributed by atoms with Crippen molar-refractivity contribution in [2.75, 3.05) is 7.11 Å². The van der Waals surface area contributed by atoms with Crippen molar-refractivity contribution in [1.29, 1.82) is 0 Å². The molecule has 0 radical (unpaired) electrons. The molecule has 1 aromatic rings. The SMILES string of the molecule is COc1ccccc1[CH2][Al]([CH3])[CH3]. The maximum absolute atomic E-state index is 5.27. The molecule has 0 amide bonds. The van der Waals surface area contributed by atoms with Gasteiger partial charge in [0.1, 0.15) is 5.75 Å². The lowest BCUT2D eigenvalue weighted by Crippen LogP contribution is -2.06. The van der Waals surface area contributed by atoms with Gasteiger partial charge in [-0.1, -0.05) is 23.5 Å². The summed E-state index contributed by atoms with van der Waals surface area (Å²) >= 11 is -0.519. The van der Waals surface area contributed by atoms with Crippen molar-refractivity contribution in [3.63, 3.8) is 0 Å². The van der Waals surface area contributed by atoms with Crippen LogP contribution in [0.2, 0.25) is 11.6 Å². The highest BCUT2D eigenvalue weighted by Crippen LogP contribution is 2.18.